The molecule has 0 saturated carbocycles. The third-order valence-corrected chi connectivity index (χ3v) is 3.44. The molecule has 0 spiro atoms. The van der Waals surface area contributed by atoms with E-state index in [1.54, 1.807) is 7.11 Å². The first kappa shape index (κ1) is 18.3. The number of nitrogens with zero attached hydrogens (tertiary/aromatic N) is 1. The summed E-state index contributed by atoms with van der Waals surface area (Å²) in [6.45, 7) is 5.19. The molecule has 0 aromatic heterocycles. The summed E-state index contributed by atoms with van der Waals surface area (Å²) in [4.78, 5) is 0. The third-order valence-electron chi connectivity index (χ3n) is 2.69. The minimum Gasteiger partial charge on any atom is -0.382 e. The summed E-state index contributed by atoms with van der Waals surface area (Å²) in [5.41, 5.74) is 2.28. The average Bonchev–Trinajstić information content (AvgIpc) is 2.73. The van der Waals surface area contributed by atoms with Crippen molar-refractivity contribution in [2.24, 2.45) is 0 Å². The Labute approximate surface area is 132 Å². The summed E-state index contributed by atoms with van der Waals surface area (Å²) < 4.78 is 21.1. The molecule has 0 saturated heterocycles. The maximum absolute atomic E-state index is 5.53. The zero-order valence-corrected chi connectivity index (χ0v) is 13.9. The Kier molecular flexibility index (Phi) is 10.3. The van der Waals surface area contributed by atoms with Crippen molar-refractivity contribution in [2.45, 2.75) is 13.3 Å². The van der Waals surface area contributed by atoms with Crippen LogP contribution in [0.3, 0.4) is 0 Å². The number of hydrogen-bond donors (Lipinski definition) is 1. The van der Waals surface area contributed by atoms with Gasteiger partial charge in [-0.1, -0.05) is 18.2 Å². The molecule has 0 unspecified atom stereocenters. The van der Waals surface area contributed by atoms with Gasteiger partial charge in [-0.2, -0.15) is 0 Å². The molecule has 21 heavy (non-hydrogen) atoms. The van der Waals surface area contributed by atoms with E-state index in [4.69, 9.17) is 14.2 Å². The molecule has 0 amide bonds. The van der Waals surface area contributed by atoms with Crippen molar-refractivity contribution >= 4 is 12.1 Å². The molecule has 0 bridgehead atoms. The van der Waals surface area contributed by atoms with Gasteiger partial charge in [0.15, 0.2) is 0 Å². The molecule has 0 atom stereocenters. The summed E-state index contributed by atoms with van der Waals surface area (Å²) in [5, 5.41) is 0. The van der Waals surface area contributed by atoms with Crippen LogP contribution in [-0.4, -0.2) is 51.6 Å². The molecule has 1 rings (SSSR count). The van der Waals surface area contributed by atoms with Gasteiger partial charge in [-0.3, -0.25) is 0 Å². The highest BCUT2D eigenvalue weighted by Gasteiger charge is 2.02. The lowest BCUT2D eigenvalue weighted by molar-refractivity contribution is 0.0831. The minimum atomic E-state index is 0.599. The predicted molar refractivity (Wildman–Crippen MR) is 87.6 cm³/mol. The second-order valence-electron chi connectivity index (χ2n) is 4.50. The molecule has 1 aliphatic carbocycles. The van der Waals surface area contributed by atoms with E-state index < -0.39 is 0 Å². The lowest BCUT2D eigenvalue weighted by atomic mass is 10.2. The number of rotatable bonds is 11. The Morgan fingerprint density at radius 2 is 2.10 bits per heavy atom. The van der Waals surface area contributed by atoms with Crippen LogP contribution in [-0.2, 0) is 14.2 Å². The normalized spacial score (nSPS) is 14.9. The van der Waals surface area contributed by atoms with E-state index in [0.717, 1.165) is 18.7 Å². The highest BCUT2D eigenvalue weighted by Crippen LogP contribution is 2.13. The molecule has 0 aliphatic heterocycles. The molecule has 1 N–H and O–H groups in total. The van der Waals surface area contributed by atoms with Crippen LogP contribution in [0.2, 0.25) is 0 Å². The van der Waals surface area contributed by atoms with Crippen LogP contribution in [0.4, 0.5) is 0 Å². The van der Waals surface area contributed by atoms with Crippen molar-refractivity contribution in [2.75, 3.05) is 47.3 Å². The maximum Gasteiger partial charge on any atom is 0.109 e. The highest BCUT2D eigenvalue weighted by atomic mass is 32.2. The fourth-order valence-corrected chi connectivity index (χ4v) is 2.10. The van der Waals surface area contributed by atoms with Gasteiger partial charge >= 0.3 is 0 Å². The first-order chi connectivity index (χ1) is 10.3. The molecule has 5 nitrogen and oxygen atoms in total. The van der Waals surface area contributed by atoms with Gasteiger partial charge in [0.1, 0.15) is 6.73 Å². The van der Waals surface area contributed by atoms with E-state index in [-0.39, 0.29) is 0 Å². The lowest BCUT2D eigenvalue weighted by Gasteiger charge is -2.16. The lowest BCUT2D eigenvalue weighted by Crippen LogP contribution is -2.19. The van der Waals surface area contributed by atoms with E-state index in [0.29, 0.717) is 26.6 Å². The Morgan fingerprint density at radius 1 is 1.24 bits per heavy atom. The molecular weight excluding hydrogens is 288 g/mol. The van der Waals surface area contributed by atoms with E-state index >= 15 is 0 Å². The van der Waals surface area contributed by atoms with Crippen LogP contribution in [0.1, 0.15) is 13.3 Å². The van der Waals surface area contributed by atoms with Gasteiger partial charge in [0.05, 0.1) is 19.8 Å². The highest BCUT2D eigenvalue weighted by molar-refractivity contribution is 7.95. The van der Waals surface area contributed by atoms with Crippen molar-refractivity contribution in [3.63, 3.8) is 0 Å². The van der Waals surface area contributed by atoms with Crippen LogP contribution >= 0.6 is 12.1 Å². The van der Waals surface area contributed by atoms with Gasteiger partial charge in [0.25, 0.3) is 0 Å². The Hall–Kier alpha value is -0.790. The van der Waals surface area contributed by atoms with Crippen LogP contribution in [0.25, 0.3) is 0 Å². The quantitative estimate of drug-likeness (QED) is 0.359. The summed E-state index contributed by atoms with van der Waals surface area (Å²) in [7, 11) is 3.66. The van der Waals surface area contributed by atoms with Gasteiger partial charge in [-0.25, -0.2) is 4.31 Å². The second kappa shape index (κ2) is 11.8. The molecule has 0 radical (unpaired) electrons. The second-order valence-corrected chi connectivity index (χ2v) is 5.51. The van der Waals surface area contributed by atoms with Gasteiger partial charge in [-0.15, -0.1) is 0 Å². The Bertz CT molecular complexity index is 370. The summed E-state index contributed by atoms with van der Waals surface area (Å²) in [6, 6.07) is 0. The molecular formula is C15H26N2O3S. The van der Waals surface area contributed by atoms with Crippen molar-refractivity contribution in [3.05, 3.63) is 35.6 Å². The number of methoxy groups -OCH3 is 1. The maximum atomic E-state index is 5.53. The first-order valence-electron chi connectivity index (χ1n) is 7.12. The third kappa shape index (κ3) is 8.95. The van der Waals surface area contributed by atoms with E-state index in [9.17, 15) is 0 Å². The van der Waals surface area contributed by atoms with Crippen LogP contribution in [0.5, 0.6) is 0 Å². The van der Waals surface area contributed by atoms with E-state index in [2.05, 4.69) is 29.0 Å². The van der Waals surface area contributed by atoms with Crippen molar-refractivity contribution in [1.29, 1.82) is 0 Å². The molecule has 120 valence electrons. The van der Waals surface area contributed by atoms with Crippen molar-refractivity contribution < 1.29 is 14.2 Å². The number of ether oxygens (including phenoxy) is 3. The van der Waals surface area contributed by atoms with Crippen molar-refractivity contribution in [1.82, 2.24) is 9.03 Å². The summed E-state index contributed by atoms with van der Waals surface area (Å²) in [6.07, 6.45) is 9.38. The molecule has 0 aromatic carbocycles. The number of allylic oxidation sites excluding steroid dienone is 3. The van der Waals surface area contributed by atoms with E-state index in [1.165, 1.54) is 17.7 Å². The smallest absolute Gasteiger partial charge is 0.109 e. The van der Waals surface area contributed by atoms with Crippen LogP contribution in [0.15, 0.2) is 35.6 Å². The molecule has 1 aliphatic rings. The predicted octanol–water partition coefficient (Wildman–Crippen LogP) is 2.50. The molecule has 0 fully saturated rings. The number of hydrogen-bond acceptors (Lipinski definition) is 6. The van der Waals surface area contributed by atoms with Gasteiger partial charge in [0.2, 0.25) is 0 Å². The minimum absolute atomic E-state index is 0.599. The fourth-order valence-electron chi connectivity index (χ4n) is 1.56. The summed E-state index contributed by atoms with van der Waals surface area (Å²) >= 11 is 1.53. The first-order valence-corrected chi connectivity index (χ1v) is 7.89. The molecule has 6 heteroatoms. The van der Waals surface area contributed by atoms with Gasteiger partial charge in [0, 0.05) is 38.6 Å². The topological polar surface area (TPSA) is 43.0 Å². The fraction of sp³-hybridized carbons (Fsp3) is 0.600. The number of nitrogens with one attached hydrogen (secondary N) is 1. The van der Waals surface area contributed by atoms with Crippen LogP contribution < -0.4 is 4.72 Å². The average molecular weight is 314 g/mol. The standard InChI is InChI=1S/C15H26N2O3S/c1-4-19-13-17(2)21-16-15-7-5-6-14(8-9-15)12-20-11-10-18-3/h6-9,16H,4-5,10-13H2,1-3H3. The zero-order chi connectivity index (χ0) is 15.3. The molecule has 0 aromatic rings. The van der Waals surface area contributed by atoms with Gasteiger partial charge in [-0.05, 0) is 25.0 Å². The summed E-state index contributed by atoms with van der Waals surface area (Å²) in [5.74, 6) is 0. The molecule has 0 heterocycles. The van der Waals surface area contributed by atoms with Crippen molar-refractivity contribution in [3.8, 4) is 0 Å². The Balaban J connectivity index is 2.26. The largest absolute Gasteiger partial charge is 0.382 e. The monoisotopic (exact) mass is 314 g/mol. The SMILES string of the molecule is CCOCN(C)SNC1=CCC=C(COCCOC)C=C1. The van der Waals surface area contributed by atoms with Gasteiger partial charge < -0.3 is 18.9 Å². The van der Waals surface area contributed by atoms with Crippen LogP contribution in [0, 0.1) is 0 Å². The zero-order valence-electron chi connectivity index (χ0n) is 13.1. The van der Waals surface area contributed by atoms with E-state index in [1.807, 2.05) is 18.3 Å². The Morgan fingerprint density at radius 3 is 2.86 bits per heavy atom.